The molecule has 1 aromatic carbocycles. The number of hydrogen-bond donors (Lipinski definition) is 0. The number of pyridine rings is 1. The molecule has 1 atom stereocenters. The van der Waals surface area contributed by atoms with Crippen molar-refractivity contribution in [1.29, 1.82) is 0 Å². The molecular weight excluding hydrogens is 353 g/mol. The number of alkyl halides is 3. The van der Waals surface area contributed by atoms with Crippen LogP contribution in [0.2, 0.25) is 0 Å². The number of aryl methyl sites for hydroxylation is 1. The summed E-state index contributed by atoms with van der Waals surface area (Å²) in [6.07, 6.45) is -1.90. The maximum Gasteiger partial charge on any atom is 0.451 e. The van der Waals surface area contributed by atoms with Crippen LogP contribution in [0.5, 0.6) is 0 Å². The van der Waals surface area contributed by atoms with Gasteiger partial charge in [-0.3, -0.25) is 4.98 Å². The summed E-state index contributed by atoms with van der Waals surface area (Å²) in [5.41, 5.74) is -1.65. The maximum absolute atomic E-state index is 13.6. The molecule has 0 fully saturated rings. The number of ether oxygens (including phenoxy) is 1. The number of carbonyl (C=O) groups is 1. The second-order valence-corrected chi connectivity index (χ2v) is 6.45. The highest BCUT2D eigenvalue weighted by molar-refractivity contribution is 8.14. The van der Waals surface area contributed by atoms with Gasteiger partial charge in [-0.2, -0.15) is 13.2 Å². The third-order valence-corrected chi connectivity index (χ3v) is 4.69. The van der Waals surface area contributed by atoms with Crippen molar-refractivity contribution in [3.8, 4) is 0 Å². The summed E-state index contributed by atoms with van der Waals surface area (Å²) in [5, 5.41) is 0.141. The van der Waals surface area contributed by atoms with Crippen molar-refractivity contribution in [1.82, 2.24) is 4.98 Å². The van der Waals surface area contributed by atoms with Crippen LogP contribution in [0.1, 0.15) is 21.5 Å². The Morgan fingerprint density at radius 2 is 2.08 bits per heavy atom. The SMILES string of the molecule is Cc1cccc(C(=O)OC2(C(F)(F)F)CSC(c3cccnc3)=N2)c1. The van der Waals surface area contributed by atoms with E-state index in [1.54, 1.807) is 31.2 Å². The Morgan fingerprint density at radius 3 is 2.72 bits per heavy atom. The number of halogens is 3. The molecule has 1 aliphatic heterocycles. The molecule has 0 radical (unpaired) electrons. The quantitative estimate of drug-likeness (QED) is 0.771. The number of carbonyl (C=O) groups excluding carboxylic acids is 1. The summed E-state index contributed by atoms with van der Waals surface area (Å²) < 4.78 is 45.8. The first-order chi connectivity index (χ1) is 11.8. The van der Waals surface area contributed by atoms with Crippen LogP contribution < -0.4 is 0 Å². The molecule has 0 N–H and O–H groups in total. The average Bonchev–Trinajstić information content (AvgIpc) is 3.01. The van der Waals surface area contributed by atoms with Crippen LogP contribution in [-0.2, 0) is 4.74 Å². The zero-order chi connectivity index (χ0) is 18.1. The van der Waals surface area contributed by atoms with Crippen molar-refractivity contribution in [2.45, 2.75) is 18.8 Å². The molecule has 0 aliphatic carbocycles. The molecule has 2 heterocycles. The lowest BCUT2D eigenvalue weighted by atomic mass is 10.1. The van der Waals surface area contributed by atoms with Crippen LogP contribution in [0.15, 0.2) is 53.8 Å². The molecule has 1 aromatic heterocycles. The van der Waals surface area contributed by atoms with E-state index < -0.39 is 23.6 Å². The topological polar surface area (TPSA) is 51.5 Å². The highest BCUT2D eigenvalue weighted by atomic mass is 32.2. The van der Waals surface area contributed by atoms with Gasteiger partial charge in [-0.05, 0) is 31.2 Å². The van der Waals surface area contributed by atoms with Gasteiger partial charge < -0.3 is 4.74 Å². The Kier molecular flexibility index (Phi) is 4.55. The van der Waals surface area contributed by atoms with E-state index in [9.17, 15) is 18.0 Å². The molecule has 1 unspecified atom stereocenters. The summed E-state index contributed by atoms with van der Waals surface area (Å²) in [7, 11) is 0. The Balaban J connectivity index is 1.94. The van der Waals surface area contributed by atoms with Gasteiger partial charge in [0.1, 0.15) is 5.04 Å². The smallest absolute Gasteiger partial charge is 0.422 e. The Hall–Kier alpha value is -2.35. The highest BCUT2D eigenvalue weighted by Crippen LogP contribution is 2.44. The lowest BCUT2D eigenvalue weighted by Crippen LogP contribution is -2.48. The molecule has 0 saturated carbocycles. The number of benzene rings is 1. The van der Waals surface area contributed by atoms with Gasteiger partial charge in [0, 0.05) is 18.0 Å². The van der Waals surface area contributed by atoms with Gasteiger partial charge in [0.15, 0.2) is 0 Å². The zero-order valence-corrected chi connectivity index (χ0v) is 13.9. The zero-order valence-electron chi connectivity index (χ0n) is 13.1. The minimum absolute atomic E-state index is 0.0543. The highest BCUT2D eigenvalue weighted by Gasteiger charge is 2.61. The fourth-order valence-corrected chi connectivity index (χ4v) is 3.39. The van der Waals surface area contributed by atoms with Crippen molar-refractivity contribution in [3.05, 3.63) is 65.5 Å². The number of nitrogens with zero attached hydrogens (tertiary/aromatic N) is 2. The lowest BCUT2D eigenvalue weighted by molar-refractivity contribution is -0.245. The number of esters is 1. The summed E-state index contributed by atoms with van der Waals surface area (Å²) in [5.74, 6) is -1.59. The van der Waals surface area contributed by atoms with E-state index in [1.807, 2.05) is 0 Å². The predicted molar refractivity (Wildman–Crippen MR) is 88.6 cm³/mol. The molecule has 0 spiro atoms. The Bertz CT molecular complexity index is 824. The van der Waals surface area contributed by atoms with Crippen LogP contribution in [0.25, 0.3) is 0 Å². The van der Waals surface area contributed by atoms with Gasteiger partial charge >= 0.3 is 17.9 Å². The monoisotopic (exact) mass is 366 g/mol. The average molecular weight is 366 g/mol. The van der Waals surface area contributed by atoms with Gasteiger partial charge in [-0.15, -0.1) is 0 Å². The van der Waals surface area contributed by atoms with Crippen molar-refractivity contribution in [3.63, 3.8) is 0 Å². The predicted octanol–water partition coefficient (Wildman–Crippen LogP) is 4.00. The second-order valence-electron chi connectivity index (χ2n) is 5.49. The van der Waals surface area contributed by atoms with Crippen LogP contribution in [0, 0.1) is 6.92 Å². The molecule has 0 saturated heterocycles. The van der Waals surface area contributed by atoms with Crippen LogP contribution in [0.4, 0.5) is 13.2 Å². The van der Waals surface area contributed by atoms with Crippen LogP contribution in [0.3, 0.4) is 0 Å². The Labute approximate surface area is 146 Å². The second kappa shape index (κ2) is 6.51. The number of rotatable bonds is 3. The Morgan fingerprint density at radius 1 is 1.28 bits per heavy atom. The van der Waals surface area contributed by atoms with Crippen LogP contribution in [-0.4, -0.2) is 33.7 Å². The third kappa shape index (κ3) is 3.53. The standard InChI is InChI=1S/C17H13F3N2O2S/c1-11-4-2-5-12(8-11)15(23)24-16(17(18,19)20)10-25-14(22-16)13-6-3-7-21-9-13/h2-9H,10H2,1H3. The van der Waals surface area contributed by atoms with E-state index in [0.717, 1.165) is 17.3 Å². The van der Waals surface area contributed by atoms with Gasteiger partial charge in [0.2, 0.25) is 0 Å². The number of thioether (sulfide) groups is 1. The molecule has 2 aromatic rings. The van der Waals surface area contributed by atoms with Crippen molar-refractivity contribution >= 4 is 22.8 Å². The fourth-order valence-electron chi connectivity index (χ4n) is 2.27. The van der Waals surface area contributed by atoms with Gasteiger partial charge in [0.05, 0.1) is 11.3 Å². The summed E-state index contributed by atoms with van der Waals surface area (Å²) in [4.78, 5) is 19.8. The fraction of sp³-hybridized carbons (Fsp3) is 0.235. The molecule has 25 heavy (non-hydrogen) atoms. The number of hydrogen-bond acceptors (Lipinski definition) is 5. The number of aromatic nitrogens is 1. The van der Waals surface area contributed by atoms with E-state index in [4.69, 9.17) is 4.74 Å². The first-order valence-electron chi connectivity index (χ1n) is 7.30. The van der Waals surface area contributed by atoms with E-state index in [-0.39, 0.29) is 10.6 Å². The van der Waals surface area contributed by atoms with Gasteiger partial charge in [-0.25, -0.2) is 9.79 Å². The minimum Gasteiger partial charge on any atom is -0.422 e. The van der Waals surface area contributed by atoms with Crippen molar-refractivity contribution < 1.29 is 22.7 Å². The molecule has 8 heteroatoms. The first kappa shape index (κ1) is 17.5. The molecule has 3 rings (SSSR count). The summed E-state index contributed by atoms with van der Waals surface area (Å²) in [6, 6.07) is 9.41. The molecule has 0 amide bonds. The molecular formula is C17H13F3N2O2S. The number of aliphatic imine (C=N–C) groups is 1. The summed E-state index contributed by atoms with van der Waals surface area (Å²) >= 11 is 0.882. The normalized spacial score (nSPS) is 20.2. The molecule has 130 valence electrons. The first-order valence-corrected chi connectivity index (χ1v) is 8.29. The van der Waals surface area contributed by atoms with Gasteiger partial charge in [-0.1, -0.05) is 29.5 Å². The third-order valence-electron chi connectivity index (χ3n) is 3.55. The molecule has 0 bridgehead atoms. The summed E-state index contributed by atoms with van der Waals surface area (Å²) in [6.45, 7) is 1.74. The molecule has 1 aliphatic rings. The van der Waals surface area contributed by atoms with E-state index in [0.29, 0.717) is 5.56 Å². The largest absolute Gasteiger partial charge is 0.451 e. The minimum atomic E-state index is -4.83. The maximum atomic E-state index is 13.6. The van der Waals surface area contributed by atoms with E-state index in [1.165, 1.54) is 24.5 Å². The van der Waals surface area contributed by atoms with Crippen molar-refractivity contribution in [2.75, 3.05) is 5.75 Å². The van der Waals surface area contributed by atoms with E-state index in [2.05, 4.69) is 9.98 Å². The van der Waals surface area contributed by atoms with Crippen molar-refractivity contribution in [2.24, 2.45) is 4.99 Å². The van der Waals surface area contributed by atoms with E-state index >= 15 is 0 Å². The molecule has 4 nitrogen and oxygen atoms in total. The van der Waals surface area contributed by atoms with Crippen LogP contribution >= 0.6 is 11.8 Å². The van der Waals surface area contributed by atoms with Gasteiger partial charge in [0.25, 0.3) is 0 Å². The lowest BCUT2D eigenvalue weighted by Gasteiger charge is -2.27.